The predicted octanol–water partition coefficient (Wildman–Crippen LogP) is 3.48. The summed E-state index contributed by atoms with van der Waals surface area (Å²) >= 11 is 6.15. The molecule has 0 fully saturated rings. The van der Waals surface area contributed by atoms with Crippen LogP contribution in [0.3, 0.4) is 0 Å². The smallest absolute Gasteiger partial charge is 0.138 e. The number of hydrogen-bond donors (Lipinski definition) is 0. The van der Waals surface area contributed by atoms with Gasteiger partial charge in [-0.25, -0.2) is 9.97 Å². The lowest BCUT2D eigenvalue weighted by Gasteiger charge is -2.21. The van der Waals surface area contributed by atoms with E-state index in [2.05, 4.69) is 23.8 Å². The molecule has 0 aliphatic carbocycles. The van der Waals surface area contributed by atoms with Crippen molar-refractivity contribution in [1.29, 1.82) is 0 Å². The third-order valence-corrected chi connectivity index (χ3v) is 3.03. The maximum absolute atomic E-state index is 6.15. The van der Waals surface area contributed by atoms with Crippen molar-refractivity contribution in [2.45, 2.75) is 26.3 Å². The van der Waals surface area contributed by atoms with Crippen molar-refractivity contribution in [1.82, 2.24) is 9.97 Å². The summed E-state index contributed by atoms with van der Waals surface area (Å²) in [5.41, 5.74) is 0.966. The summed E-state index contributed by atoms with van der Waals surface area (Å²) in [4.78, 5) is 10.4. The van der Waals surface area contributed by atoms with Crippen molar-refractivity contribution < 1.29 is 4.42 Å². The maximum Gasteiger partial charge on any atom is 0.138 e. The summed E-state index contributed by atoms with van der Waals surface area (Å²) < 4.78 is 5.34. The first kappa shape index (κ1) is 12.9. The molecule has 0 saturated carbocycles. The molecule has 0 atom stereocenters. The van der Waals surface area contributed by atoms with Gasteiger partial charge >= 0.3 is 0 Å². The van der Waals surface area contributed by atoms with Gasteiger partial charge in [-0.15, -0.1) is 0 Å². The van der Waals surface area contributed by atoms with Gasteiger partial charge in [-0.05, 0) is 18.1 Å². The first-order valence-electron chi connectivity index (χ1n) is 5.83. The Morgan fingerprint density at radius 1 is 1.39 bits per heavy atom. The third-order valence-electron chi connectivity index (χ3n) is 2.73. The molecule has 96 valence electrons. The van der Waals surface area contributed by atoms with Crippen LogP contribution in [0.4, 0.5) is 5.82 Å². The summed E-state index contributed by atoms with van der Waals surface area (Å²) in [7, 11) is 1.97. The number of halogens is 1. The Morgan fingerprint density at radius 2 is 2.17 bits per heavy atom. The average molecular weight is 266 g/mol. The van der Waals surface area contributed by atoms with Crippen LogP contribution in [0.2, 0.25) is 5.15 Å². The lowest BCUT2D eigenvalue weighted by Crippen LogP contribution is -2.20. The molecular formula is C13H16ClN3O. The molecule has 2 heterocycles. The fraction of sp³-hybridized carbons (Fsp3) is 0.385. The van der Waals surface area contributed by atoms with Crippen LogP contribution in [0.1, 0.15) is 31.1 Å². The zero-order valence-electron chi connectivity index (χ0n) is 10.7. The number of hydrogen-bond acceptors (Lipinski definition) is 4. The summed E-state index contributed by atoms with van der Waals surface area (Å²) in [5, 5.41) is 0.515. The third kappa shape index (κ3) is 2.64. The summed E-state index contributed by atoms with van der Waals surface area (Å²) in [5.74, 6) is 2.01. The summed E-state index contributed by atoms with van der Waals surface area (Å²) in [6, 6.07) is 3.81. The zero-order valence-corrected chi connectivity index (χ0v) is 11.5. The molecule has 0 aromatic carbocycles. The minimum absolute atomic E-state index is 0.271. The molecule has 0 N–H and O–H groups in total. The molecule has 0 bridgehead atoms. The molecule has 0 aliphatic heterocycles. The van der Waals surface area contributed by atoms with Gasteiger partial charge in [0.25, 0.3) is 0 Å². The molecule has 5 heteroatoms. The van der Waals surface area contributed by atoms with Crippen molar-refractivity contribution >= 4 is 17.4 Å². The summed E-state index contributed by atoms with van der Waals surface area (Å²) in [6.45, 7) is 4.81. The van der Waals surface area contributed by atoms with Crippen LogP contribution in [0.5, 0.6) is 0 Å². The zero-order chi connectivity index (χ0) is 13.1. The normalized spacial score (nSPS) is 10.9. The van der Waals surface area contributed by atoms with Crippen LogP contribution in [-0.4, -0.2) is 17.0 Å². The van der Waals surface area contributed by atoms with Gasteiger partial charge in [0.1, 0.15) is 23.1 Å². The van der Waals surface area contributed by atoms with Crippen molar-refractivity contribution in [3.63, 3.8) is 0 Å². The molecule has 4 nitrogen and oxygen atoms in total. The van der Waals surface area contributed by atoms with E-state index in [0.717, 1.165) is 17.1 Å². The van der Waals surface area contributed by atoms with E-state index in [-0.39, 0.29) is 5.92 Å². The molecule has 2 aromatic heterocycles. The van der Waals surface area contributed by atoms with Gasteiger partial charge in [0.2, 0.25) is 0 Å². The number of furan rings is 1. The number of aromatic nitrogens is 2. The lowest BCUT2D eigenvalue weighted by molar-refractivity contribution is 0.506. The Hall–Kier alpha value is -1.55. The highest BCUT2D eigenvalue weighted by molar-refractivity contribution is 6.30. The largest absolute Gasteiger partial charge is 0.467 e. The minimum Gasteiger partial charge on any atom is -0.467 e. The summed E-state index contributed by atoms with van der Waals surface area (Å²) in [6.07, 6.45) is 3.15. The van der Waals surface area contributed by atoms with Gasteiger partial charge in [-0.1, -0.05) is 25.4 Å². The van der Waals surface area contributed by atoms with Crippen molar-refractivity contribution in [2.24, 2.45) is 0 Å². The second kappa shape index (κ2) is 5.40. The number of nitrogens with zero attached hydrogens (tertiary/aromatic N) is 3. The van der Waals surface area contributed by atoms with Crippen molar-refractivity contribution in [3.05, 3.63) is 41.2 Å². The molecule has 0 radical (unpaired) electrons. The number of rotatable bonds is 4. The van der Waals surface area contributed by atoms with Gasteiger partial charge in [0.15, 0.2) is 0 Å². The van der Waals surface area contributed by atoms with E-state index in [4.69, 9.17) is 16.0 Å². The fourth-order valence-electron chi connectivity index (χ4n) is 1.88. The molecule has 0 saturated heterocycles. The first-order valence-corrected chi connectivity index (χ1v) is 6.21. The molecule has 2 aromatic rings. The highest BCUT2D eigenvalue weighted by atomic mass is 35.5. The van der Waals surface area contributed by atoms with E-state index in [9.17, 15) is 0 Å². The van der Waals surface area contributed by atoms with Crippen molar-refractivity contribution in [2.75, 3.05) is 11.9 Å². The molecule has 0 spiro atoms. The quantitative estimate of drug-likeness (QED) is 0.794. The van der Waals surface area contributed by atoms with Crippen LogP contribution >= 0.6 is 11.6 Å². The Bertz CT molecular complexity index is 511. The van der Waals surface area contributed by atoms with Crippen LogP contribution in [0, 0.1) is 0 Å². The predicted molar refractivity (Wildman–Crippen MR) is 71.9 cm³/mol. The topological polar surface area (TPSA) is 42.2 Å². The lowest BCUT2D eigenvalue weighted by atomic mass is 10.1. The van der Waals surface area contributed by atoms with Gasteiger partial charge in [0.05, 0.1) is 12.8 Å². The van der Waals surface area contributed by atoms with E-state index in [0.29, 0.717) is 11.7 Å². The van der Waals surface area contributed by atoms with E-state index in [1.54, 1.807) is 6.26 Å². The van der Waals surface area contributed by atoms with Gasteiger partial charge in [0, 0.05) is 12.6 Å². The van der Waals surface area contributed by atoms with Crippen LogP contribution < -0.4 is 4.90 Å². The Labute approximate surface area is 112 Å². The minimum atomic E-state index is 0.271. The monoisotopic (exact) mass is 265 g/mol. The Morgan fingerprint density at radius 3 is 2.78 bits per heavy atom. The average Bonchev–Trinajstić information content (AvgIpc) is 2.80. The van der Waals surface area contributed by atoms with Crippen LogP contribution in [0.15, 0.2) is 29.1 Å². The van der Waals surface area contributed by atoms with Gasteiger partial charge < -0.3 is 9.32 Å². The van der Waals surface area contributed by atoms with E-state index >= 15 is 0 Å². The van der Waals surface area contributed by atoms with E-state index in [1.165, 1.54) is 6.33 Å². The molecule has 0 aliphatic rings. The molecule has 18 heavy (non-hydrogen) atoms. The maximum atomic E-state index is 6.15. The molecule has 0 amide bonds. The highest BCUT2D eigenvalue weighted by Crippen LogP contribution is 2.30. The van der Waals surface area contributed by atoms with Gasteiger partial charge in [-0.2, -0.15) is 0 Å². The highest BCUT2D eigenvalue weighted by Gasteiger charge is 2.17. The Balaban J connectivity index is 2.29. The SMILES string of the molecule is CC(C)c1c(Cl)ncnc1N(C)Cc1ccco1. The Kier molecular flexibility index (Phi) is 3.87. The van der Waals surface area contributed by atoms with Gasteiger partial charge in [-0.3, -0.25) is 0 Å². The molecular weight excluding hydrogens is 250 g/mol. The molecule has 2 rings (SSSR count). The fourth-order valence-corrected chi connectivity index (χ4v) is 2.22. The standard InChI is InChI=1S/C13H16ClN3O/c1-9(2)11-12(14)15-8-16-13(11)17(3)7-10-5-4-6-18-10/h4-6,8-9H,7H2,1-3H3. The second-order valence-corrected chi connectivity index (χ2v) is 4.85. The number of anilines is 1. The second-order valence-electron chi connectivity index (χ2n) is 4.49. The van der Waals surface area contributed by atoms with E-state index in [1.807, 2.05) is 24.1 Å². The first-order chi connectivity index (χ1) is 8.59. The molecule has 0 unspecified atom stereocenters. The van der Waals surface area contributed by atoms with E-state index < -0.39 is 0 Å². The van der Waals surface area contributed by atoms with Crippen molar-refractivity contribution in [3.8, 4) is 0 Å². The van der Waals surface area contributed by atoms with Crippen LogP contribution in [0.25, 0.3) is 0 Å². The van der Waals surface area contributed by atoms with Crippen LogP contribution in [-0.2, 0) is 6.54 Å².